The number of aliphatic hydroxyl groups excluding tert-OH is 1. The molecule has 0 fully saturated rings. The molecular weight excluding hydrogens is 410 g/mol. The predicted molar refractivity (Wildman–Crippen MR) is 119 cm³/mol. The predicted octanol–water partition coefficient (Wildman–Crippen LogP) is 3.92. The minimum Gasteiger partial charge on any atom is -0.396 e. The first kappa shape index (κ1) is 20.8. The molecule has 0 bridgehead atoms. The van der Waals surface area contributed by atoms with Crippen LogP contribution in [0.5, 0.6) is 0 Å². The van der Waals surface area contributed by atoms with Gasteiger partial charge in [0, 0.05) is 29.3 Å². The Hall–Kier alpha value is -3.47. The summed E-state index contributed by atoms with van der Waals surface area (Å²) in [5.74, 6) is -1.02. The quantitative estimate of drug-likeness (QED) is 0.619. The van der Waals surface area contributed by atoms with Gasteiger partial charge in [-0.25, -0.2) is 0 Å². The summed E-state index contributed by atoms with van der Waals surface area (Å²) in [7, 11) is 0. The van der Waals surface area contributed by atoms with E-state index in [1.54, 1.807) is 41.3 Å². The van der Waals surface area contributed by atoms with Crippen LogP contribution >= 0.6 is 11.3 Å². The summed E-state index contributed by atoms with van der Waals surface area (Å²) in [6.07, 6.45) is 0.425. The molecule has 6 nitrogen and oxygen atoms in total. The molecule has 0 saturated heterocycles. The van der Waals surface area contributed by atoms with Gasteiger partial charge in [-0.2, -0.15) is 5.26 Å². The number of benzene rings is 2. The fourth-order valence-corrected chi connectivity index (χ4v) is 4.90. The lowest BCUT2D eigenvalue weighted by Gasteiger charge is -2.41. The lowest BCUT2D eigenvalue weighted by Crippen LogP contribution is -2.46. The number of nitrogens with zero attached hydrogens (tertiary/aromatic N) is 2. The maximum absolute atomic E-state index is 13.6. The number of carbonyl (C=O) groups excluding carboxylic acids is 2. The Morgan fingerprint density at radius 2 is 2.00 bits per heavy atom. The molecule has 4 rings (SSSR count). The molecule has 0 unspecified atom stereocenters. The summed E-state index contributed by atoms with van der Waals surface area (Å²) in [5, 5.41) is 23.4. The van der Waals surface area contributed by atoms with E-state index in [2.05, 4.69) is 11.4 Å². The van der Waals surface area contributed by atoms with E-state index >= 15 is 0 Å². The first-order valence-electron chi connectivity index (χ1n) is 9.99. The van der Waals surface area contributed by atoms with Gasteiger partial charge in [0.2, 0.25) is 5.91 Å². The van der Waals surface area contributed by atoms with E-state index in [9.17, 15) is 14.7 Å². The normalized spacial score (nSPS) is 17.7. The minimum absolute atomic E-state index is 0.0413. The van der Waals surface area contributed by atoms with Gasteiger partial charge in [-0.05, 0) is 47.7 Å². The van der Waals surface area contributed by atoms with E-state index in [-0.39, 0.29) is 18.4 Å². The number of nitrogens with one attached hydrogen (secondary N) is 1. The number of aliphatic hydroxyl groups is 1. The van der Waals surface area contributed by atoms with Crippen LogP contribution in [0, 0.1) is 11.3 Å². The number of amides is 2. The molecule has 0 spiro atoms. The molecule has 2 N–H and O–H groups in total. The number of anilines is 1. The molecule has 0 saturated carbocycles. The standard InChI is InChI=1S/C24H21N3O3S/c25-15-16-6-3-7-17(14-16)26-23(29)21-18-8-1-2-9-19(18)24(30)27(11-5-12-28)22(21)20-10-4-13-31-20/h1-4,6-10,13-14,21-22,28H,5,11-12H2,(H,26,29)/t21-,22+/m0/s1. The molecule has 1 aromatic heterocycles. The number of carbonyl (C=O) groups is 2. The summed E-state index contributed by atoms with van der Waals surface area (Å²) in [6, 6.07) is 19.4. The third kappa shape index (κ3) is 4.08. The van der Waals surface area contributed by atoms with E-state index < -0.39 is 12.0 Å². The van der Waals surface area contributed by atoms with Crippen LogP contribution in [-0.4, -0.2) is 35.0 Å². The first-order valence-corrected chi connectivity index (χ1v) is 10.9. The number of rotatable bonds is 6. The van der Waals surface area contributed by atoms with Crippen LogP contribution in [0.15, 0.2) is 66.0 Å². The zero-order valence-corrected chi connectivity index (χ0v) is 17.5. The van der Waals surface area contributed by atoms with Crippen molar-refractivity contribution in [1.82, 2.24) is 4.90 Å². The molecule has 2 heterocycles. The van der Waals surface area contributed by atoms with Crippen LogP contribution in [0.4, 0.5) is 5.69 Å². The van der Waals surface area contributed by atoms with Crippen LogP contribution in [-0.2, 0) is 4.79 Å². The van der Waals surface area contributed by atoms with Crippen molar-refractivity contribution in [2.45, 2.75) is 18.4 Å². The first-order chi connectivity index (χ1) is 15.1. The van der Waals surface area contributed by atoms with Gasteiger partial charge in [0.1, 0.15) is 0 Å². The van der Waals surface area contributed by atoms with E-state index in [1.165, 1.54) is 11.3 Å². The van der Waals surface area contributed by atoms with E-state index in [4.69, 9.17) is 5.26 Å². The van der Waals surface area contributed by atoms with E-state index in [1.807, 2.05) is 29.6 Å². The fourth-order valence-electron chi connectivity index (χ4n) is 4.02. The molecule has 2 atom stereocenters. The van der Waals surface area contributed by atoms with Crippen molar-refractivity contribution in [3.8, 4) is 6.07 Å². The smallest absolute Gasteiger partial charge is 0.254 e. The van der Waals surface area contributed by atoms with Crippen molar-refractivity contribution in [1.29, 1.82) is 5.26 Å². The third-order valence-corrected chi connectivity index (χ3v) is 6.32. The van der Waals surface area contributed by atoms with Crippen molar-refractivity contribution in [3.05, 3.63) is 87.6 Å². The Morgan fingerprint density at radius 3 is 2.74 bits per heavy atom. The van der Waals surface area contributed by atoms with Crippen LogP contribution < -0.4 is 5.32 Å². The van der Waals surface area contributed by atoms with E-state index in [0.29, 0.717) is 35.3 Å². The highest BCUT2D eigenvalue weighted by Gasteiger charge is 2.44. The lowest BCUT2D eigenvalue weighted by molar-refractivity contribution is -0.119. The zero-order valence-electron chi connectivity index (χ0n) is 16.7. The molecule has 7 heteroatoms. The fraction of sp³-hybridized carbons (Fsp3) is 0.208. The van der Waals surface area contributed by atoms with Gasteiger partial charge >= 0.3 is 0 Å². The molecule has 31 heavy (non-hydrogen) atoms. The SMILES string of the molecule is N#Cc1cccc(NC(=O)[C@H]2c3ccccc3C(=O)N(CCCO)[C@@H]2c2cccs2)c1. The van der Waals surface area contributed by atoms with Gasteiger partial charge in [0.25, 0.3) is 5.91 Å². The van der Waals surface area contributed by atoms with Gasteiger partial charge < -0.3 is 15.3 Å². The molecule has 3 aromatic rings. The maximum Gasteiger partial charge on any atom is 0.254 e. The van der Waals surface area contributed by atoms with Gasteiger partial charge in [-0.15, -0.1) is 11.3 Å². The van der Waals surface area contributed by atoms with E-state index in [0.717, 1.165) is 4.88 Å². The number of hydrogen-bond donors (Lipinski definition) is 2. The second-order valence-corrected chi connectivity index (χ2v) is 8.26. The van der Waals surface area contributed by atoms with Crippen LogP contribution in [0.2, 0.25) is 0 Å². The molecule has 156 valence electrons. The average molecular weight is 432 g/mol. The highest BCUT2D eigenvalue weighted by molar-refractivity contribution is 7.10. The van der Waals surface area contributed by atoms with Crippen molar-refractivity contribution in [3.63, 3.8) is 0 Å². The highest BCUT2D eigenvalue weighted by atomic mass is 32.1. The Balaban J connectivity index is 1.79. The monoisotopic (exact) mass is 431 g/mol. The molecule has 1 aliphatic rings. The van der Waals surface area contributed by atoms with Crippen LogP contribution in [0.3, 0.4) is 0 Å². The second kappa shape index (κ2) is 9.13. The molecule has 2 aromatic carbocycles. The summed E-state index contributed by atoms with van der Waals surface area (Å²) in [6.45, 7) is 0.306. The number of nitriles is 1. The Labute approximate surface area is 184 Å². The number of thiophene rings is 1. The molecule has 0 aliphatic carbocycles. The highest BCUT2D eigenvalue weighted by Crippen LogP contribution is 2.44. The summed E-state index contributed by atoms with van der Waals surface area (Å²) >= 11 is 1.50. The Kier molecular flexibility index (Phi) is 6.12. The summed E-state index contributed by atoms with van der Waals surface area (Å²) < 4.78 is 0. The second-order valence-electron chi connectivity index (χ2n) is 7.28. The van der Waals surface area contributed by atoms with Crippen molar-refractivity contribution >= 4 is 28.8 Å². The average Bonchev–Trinajstić information content (AvgIpc) is 3.33. The minimum atomic E-state index is -0.628. The third-order valence-electron chi connectivity index (χ3n) is 5.37. The zero-order chi connectivity index (χ0) is 21.8. The van der Waals surface area contributed by atoms with Crippen molar-refractivity contribution in [2.75, 3.05) is 18.5 Å². The van der Waals surface area contributed by atoms with Crippen LogP contribution in [0.25, 0.3) is 0 Å². The van der Waals surface area contributed by atoms with Gasteiger partial charge in [0.15, 0.2) is 0 Å². The molecule has 2 amide bonds. The summed E-state index contributed by atoms with van der Waals surface area (Å²) in [4.78, 5) is 29.5. The summed E-state index contributed by atoms with van der Waals surface area (Å²) in [5.41, 5.74) is 2.17. The van der Waals surface area contributed by atoms with Crippen molar-refractivity contribution < 1.29 is 14.7 Å². The van der Waals surface area contributed by atoms with Gasteiger partial charge in [0.05, 0.1) is 23.6 Å². The van der Waals surface area contributed by atoms with Gasteiger partial charge in [-0.3, -0.25) is 9.59 Å². The van der Waals surface area contributed by atoms with Gasteiger partial charge in [-0.1, -0.05) is 30.3 Å². The molecular formula is C24H21N3O3S. The largest absolute Gasteiger partial charge is 0.396 e. The Morgan fingerprint density at radius 1 is 1.16 bits per heavy atom. The number of fused-ring (bicyclic) bond motifs is 1. The van der Waals surface area contributed by atoms with Crippen LogP contribution in [0.1, 0.15) is 44.7 Å². The molecule has 0 radical (unpaired) electrons. The topological polar surface area (TPSA) is 93.4 Å². The molecule has 1 aliphatic heterocycles. The number of hydrogen-bond acceptors (Lipinski definition) is 5. The lowest BCUT2D eigenvalue weighted by atomic mass is 9.81. The van der Waals surface area contributed by atoms with Crippen molar-refractivity contribution in [2.24, 2.45) is 0 Å². The Bertz CT molecular complexity index is 1140. The maximum atomic E-state index is 13.6.